The van der Waals surface area contributed by atoms with Gasteiger partial charge in [-0.1, -0.05) is 13.8 Å². The van der Waals surface area contributed by atoms with Crippen molar-refractivity contribution < 1.29 is 0 Å². The Morgan fingerprint density at radius 3 is 2.55 bits per heavy atom. The van der Waals surface area contributed by atoms with Gasteiger partial charge in [-0.25, -0.2) is 15.0 Å². The van der Waals surface area contributed by atoms with Crippen LogP contribution in [0.25, 0.3) is 11.3 Å². The van der Waals surface area contributed by atoms with Gasteiger partial charge in [0.1, 0.15) is 18.0 Å². The Kier molecular flexibility index (Phi) is 4.87. The third-order valence-corrected chi connectivity index (χ3v) is 2.78. The molecular formula is C15H21N5. The molecule has 0 aliphatic heterocycles. The predicted octanol–water partition coefficient (Wildman–Crippen LogP) is 3.04. The van der Waals surface area contributed by atoms with Crippen LogP contribution < -0.4 is 10.6 Å². The maximum atomic E-state index is 4.36. The van der Waals surface area contributed by atoms with Crippen molar-refractivity contribution in [2.45, 2.75) is 20.8 Å². The number of nitrogens with zero attached hydrogens (tertiary/aromatic N) is 3. The Morgan fingerprint density at radius 1 is 1.05 bits per heavy atom. The van der Waals surface area contributed by atoms with Crippen molar-refractivity contribution in [3.63, 3.8) is 0 Å². The van der Waals surface area contributed by atoms with E-state index in [1.807, 2.05) is 31.3 Å². The number of aromatic nitrogens is 3. The molecule has 0 radical (unpaired) electrons. The van der Waals surface area contributed by atoms with Gasteiger partial charge in [-0.2, -0.15) is 0 Å². The van der Waals surface area contributed by atoms with Crippen molar-refractivity contribution in [1.29, 1.82) is 0 Å². The molecule has 106 valence electrons. The Hall–Kier alpha value is -2.17. The topological polar surface area (TPSA) is 62.7 Å². The number of rotatable bonds is 6. The zero-order valence-electron chi connectivity index (χ0n) is 12.2. The SMILES string of the molecule is CCNc1ccc(-c2cc(NCC(C)C)ncn2)cn1. The molecule has 2 aromatic rings. The van der Waals surface area contributed by atoms with Gasteiger partial charge in [0.2, 0.25) is 0 Å². The van der Waals surface area contributed by atoms with Crippen LogP contribution in [0.2, 0.25) is 0 Å². The van der Waals surface area contributed by atoms with E-state index in [0.29, 0.717) is 5.92 Å². The molecule has 5 heteroatoms. The van der Waals surface area contributed by atoms with E-state index in [4.69, 9.17) is 0 Å². The van der Waals surface area contributed by atoms with Gasteiger partial charge < -0.3 is 10.6 Å². The van der Waals surface area contributed by atoms with E-state index in [2.05, 4.69) is 39.4 Å². The maximum absolute atomic E-state index is 4.36. The lowest BCUT2D eigenvalue weighted by molar-refractivity contribution is 0.687. The number of anilines is 2. The summed E-state index contributed by atoms with van der Waals surface area (Å²) in [5, 5.41) is 6.48. The third-order valence-electron chi connectivity index (χ3n) is 2.78. The van der Waals surface area contributed by atoms with Crippen LogP contribution in [0.5, 0.6) is 0 Å². The third kappa shape index (κ3) is 3.91. The van der Waals surface area contributed by atoms with Gasteiger partial charge in [0, 0.05) is 30.9 Å². The Morgan fingerprint density at radius 2 is 1.90 bits per heavy atom. The molecule has 0 aliphatic carbocycles. The summed E-state index contributed by atoms with van der Waals surface area (Å²) >= 11 is 0. The van der Waals surface area contributed by atoms with Gasteiger partial charge in [-0.15, -0.1) is 0 Å². The molecule has 0 saturated carbocycles. The number of nitrogens with one attached hydrogen (secondary N) is 2. The Labute approximate surface area is 119 Å². The molecule has 0 bridgehead atoms. The van der Waals surface area contributed by atoms with Gasteiger partial charge in [0.15, 0.2) is 0 Å². The quantitative estimate of drug-likeness (QED) is 0.845. The highest BCUT2D eigenvalue weighted by atomic mass is 15.0. The van der Waals surface area contributed by atoms with E-state index in [0.717, 1.165) is 36.0 Å². The smallest absolute Gasteiger partial charge is 0.129 e. The van der Waals surface area contributed by atoms with Crippen molar-refractivity contribution in [2.24, 2.45) is 5.92 Å². The summed E-state index contributed by atoms with van der Waals surface area (Å²) in [4.78, 5) is 12.9. The average molecular weight is 271 g/mol. The van der Waals surface area contributed by atoms with Crippen LogP contribution in [-0.4, -0.2) is 28.0 Å². The fraction of sp³-hybridized carbons (Fsp3) is 0.400. The molecule has 0 unspecified atom stereocenters. The van der Waals surface area contributed by atoms with Crippen LogP contribution in [0.4, 0.5) is 11.6 Å². The van der Waals surface area contributed by atoms with Gasteiger partial charge in [-0.05, 0) is 25.0 Å². The van der Waals surface area contributed by atoms with Crippen molar-refractivity contribution in [3.05, 3.63) is 30.7 Å². The zero-order valence-corrected chi connectivity index (χ0v) is 12.2. The second-order valence-corrected chi connectivity index (χ2v) is 5.03. The van der Waals surface area contributed by atoms with E-state index in [-0.39, 0.29) is 0 Å². The minimum absolute atomic E-state index is 0.578. The molecule has 2 aromatic heterocycles. The first-order valence-electron chi connectivity index (χ1n) is 6.95. The number of pyridine rings is 1. The highest BCUT2D eigenvalue weighted by Crippen LogP contribution is 2.19. The van der Waals surface area contributed by atoms with Crippen LogP contribution in [0.3, 0.4) is 0 Å². The maximum Gasteiger partial charge on any atom is 0.129 e. The Balaban J connectivity index is 2.13. The fourth-order valence-electron chi connectivity index (χ4n) is 1.75. The minimum atomic E-state index is 0.578. The molecule has 20 heavy (non-hydrogen) atoms. The second kappa shape index (κ2) is 6.84. The summed E-state index contributed by atoms with van der Waals surface area (Å²) < 4.78 is 0. The predicted molar refractivity (Wildman–Crippen MR) is 82.8 cm³/mol. The first-order chi connectivity index (χ1) is 9.69. The van der Waals surface area contributed by atoms with E-state index >= 15 is 0 Å². The summed E-state index contributed by atoms with van der Waals surface area (Å²) in [6.45, 7) is 8.14. The van der Waals surface area contributed by atoms with Crippen LogP contribution in [-0.2, 0) is 0 Å². The van der Waals surface area contributed by atoms with Gasteiger partial charge >= 0.3 is 0 Å². The molecule has 0 saturated heterocycles. The molecule has 0 aromatic carbocycles. The minimum Gasteiger partial charge on any atom is -0.370 e. The van der Waals surface area contributed by atoms with Gasteiger partial charge in [0.25, 0.3) is 0 Å². The second-order valence-electron chi connectivity index (χ2n) is 5.03. The van der Waals surface area contributed by atoms with Crippen LogP contribution in [0.1, 0.15) is 20.8 Å². The highest BCUT2D eigenvalue weighted by Gasteiger charge is 2.03. The monoisotopic (exact) mass is 271 g/mol. The normalized spacial score (nSPS) is 10.6. The molecule has 0 atom stereocenters. The lowest BCUT2D eigenvalue weighted by atomic mass is 10.2. The van der Waals surface area contributed by atoms with Crippen molar-refractivity contribution in [1.82, 2.24) is 15.0 Å². The van der Waals surface area contributed by atoms with Gasteiger partial charge in [0.05, 0.1) is 5.69 Å². The zero-order chi connectivity index (χ0) is 14.4. The molecule has 2 N–H and O–H groups in total. The van der Waals surface area contributed by atoms with E-state index in [1.54, 1.807) is 6.33 Å². The molecule has 5 nitrogen and oxygen atoms in total. The number of hydrogen-bond donors (Lipinski definition) is 2. The summed E-state index contributed by atoms with van der Waals surface area (Å²) in [5.41, 5.74) is 1.86. The summed E-state index contributed by atoms with van der Waals surface area (Å²) in [7, 11) is 0. The molecule has 0 spiro atoms. The molecule has 0 fully saturated rings. The first-order valence-corrected chi connectivity index (χ1v) is 6.95. The standard InChI is InChI=1S/C15H21N5/c1-4-16-14-6-5-12(9-18-14)13-7-15(20-10-19-13)17-8-11(2)3/h5-7,9-11H,4,8H2,1-3H3,(H,16,18)(H,17,19,20). The largest absolute Gasteiger partial charge is 0.370 e. The average Bonchev–Trinajstić information content (AvgIpc) is 2.47. The number of hydrogen-bond acceptors (Lipinski definition) is 5. The molecule has 0 aliphatic rings. The Bertz CT molecular complexity index is 536. The fourth-order valence-corrected chi connectivity index (χ4v) is 1.75. The van der Waals surface area contributed by atoms with Crippen molar-refractivity contribution in [2.75, 3.05) is 23.7 Å². The molecular weight excluding hydrogens is 250 g/mol. The van der Waals surface area contributed by atoms with E-state index in [9.17, 15) is 0 Å². The summed E-state index contributed by atoms with van der Waals surface area (Å²) in [6, 6.07) is 5.92. The lowest BCUT2D eigenvalue weighted by Crippen LogP contribution is -2.09. The van der Waals surface area contributed by atoms with Crippen LogP contribution in [0, 0.1) is 5.92 Å². The molecule has 2 rings (SSSR count). The summed E-state index contributed by atoms with van der Waals surface area (Å²) in [6.07, 6.45) is 3.41. The molecule has 0 amide bonds. The highest BCUT2D eigenvalue weighted by molar-refractivity contribution is 5.62. The van der Waals surface area contributed by atoms with E-state index < -0.39 is 0 Å². The van der Waals surface area contributed by atoms with E-state index in [1.165, 1.54) is 0 Å². The lowest BCUT2D eigenvalue weighted by Gasteiger charge is -2.09. The van der Waals surface area contributed by atoms with Gasteiger partial charge in [-0.3, -0.25) is 0 Å². The molecule has 2 heterocycles. The van der Waals surface area contributed by atoms with Crippen molar-refractivity contribution in [3.8, 4) is 11.3 Å². The van der Waals surface area contributed by atoms with Crippen molar-refractivity contribution >= 4 is 11.6 Å². The van der Waals surface area contributed by atoms with Crippen LogP contribution >= 0.6 is 0 Å². The van der Waals surface area contributed by atoms with Crippen LogP contribution in [0.15, 0.2) is 30.7 Å². The summed E-state index contributed by atoms with van der Waals surface area (Å²) in [5.74, 6) is 2.30. The first kappa shape index (κ1) is 14.2.